The lowest BCUT2D eigenvalue weighted by atomic mass is 9.99. The molecular formula is C22H24N4O2. The van der Waals surface area contributed by atoms with E-state index in [1.165, 1.54) is 17.4 Å². The standard InChI is InChI=1S/C22H24N4O2/c1-14-6-4-5-7-19(14)16-8-10-17(11-9-16)22(28)26-13-18(24-3)12-20(26)21(27)25-15(2)23/h4-11,20H,12-13H2,1-3H3,(H2,23,25,27)/t20-/m0/s1. The van der Waals surface area contributed by atoms with E-state index in [4.69, 9.17) is 5.41 Å². The average molecular weight is 376 g/mol. The smallest absolute Gasteiger partial charge is 0.254 e. The van der Waals surface area contributed by atoms with E-state index < -0.39 is 6.04 Å². The van der Waals surface area contributed by atoms with Crippen LogP contribution in [-0.4, -0.2) is 47.9 Å². The molecule has 6 nitrogen and oxygen atoms in total. The zero-order valence-electron chi connectivity index (χ0n) is 16.3. The molecule has 3 rings (SSSR count). The Labute approximate surface area is 164 Å². The minimum Gasteiger partial charge on any atom is -0.321 e. The molecule has 0 saturated carbocycles. The topological polar surface area (TPSA) is 85.6 Å². The maximum Gasteiger partial charge on any atom is 0.254 e. The fraction of sp³-hybridized carbons (Fsp3) is 0.273. The van der Waals surface area contributed by atoms with Crippen molar-refractivity contribution < 1.29 is 9.59 Å². The van der Waals surface area contributed by atoms with Crippen LogP contribution in [0.2, 0.25) is 0 Å². The van der Waals surface area contributed by atoms with Crippen LogP contribution in [0.25, 0.3) is 11.1 Å². The van der Waals surface area contributed by atoms with Gasteiger partial charge in [-0.2, -0.15) is 0 Å². The highest BCUT2D eigenvalue weighted by Gasteiger charge is 2.37. The summed E-state index contributed by atoms with van der Waals surface area (Å²) in [6.45, 7) is 3.88. The van der Waals surface area contributed by atoms with E-state index in [-0.39, 0.29) is 17.6 Å². The number of aryl methyl sites for hydroxylation is 1. The monoisotopic (exact) mass is 376 g/mol. The van der Waals surface area contributed by atoms with Crippen LogP contribution in [0.4, 0.5) is 0 Å². The van der Waals surface area contributed by atoms with Gasteiger partial charge in [0.05, 0.1) is 12.4 Å². The third kappa shape index (κ3) is 4.01. The number of carbonyl (C=O) groups is 2. The van der Waals surface area contributed by atoms with Gasteiger partial charge in [-0.3, -0.25) is 20.0 Å². The number of hydrogen-bond acceptors (Lipinski definition) is 4. The van der Waals surface area contributed by atoms with Crippen molar-refractivity contribution in [3.8, 4) is 11.1 Å². The Morgan fingerprint density at radius 2 is 1.82 bits per heavy atom. The number of hydrogen-bond donors (Lipinski definition) is 2. The number of nitrogens with one attached hydrogen (secondary N) is 2. The van der Waals surface area contributed by atoms with Gasteiger partial charge in [0.2, 0.25) is 5.91 Å². The van der Waals surface area contributed by atoms with Crippen molar-refractivity contribution in [2.45, 2.75) is 26.3 Å². The van der Waals surface area contributed by atoms with Crippen LogP contribution in [0, 0.1) is 12.3 Å². The summed E-state index contributed by atoms with van der Waals surface area (Å²) < 4.78 is 0. The summed E-state index contributed by atoms with van der Waals surface area (Å²) >= 11 is 0. The minimum atomic E-state index is -0.650. The predicted octanol–water partition coefficient (Wildman–Crippen LogP) is 3.06. The number of aliphatic imine (C=N–C) groups is 1. The Morgan fingerprint density at radius 1 is 1.14 bits per heavy atom. The molecule has 0 aliphatic carbocycles. The Kier molecular flexibility index (Phi) is 5.68. The molecule has 1 fully saturated rings. The van der Waals surface area contributed by atoms with E-state index in [2.05, 4.69) is 29.4 Å². The first-order chi connectivity index (χ1) is 13.4. The SMILES string of the molecule is CN=C1C[C@@H](C(=O)NC(C)=N)N(C(=O)c2ccc(-c3ccccc3C)cc2)C1. The number of rotatable bonds is 3. The lowest BCUT2D eigenvalue weighted by Gasteiger charge is -2.23. The van der Waals surface area contributed by atoms with Gasteiger partial charge in [-0.1, -0.05) is 36.4 Å². The maximum absolute atomic E-state index is 13.1. The Hall–Kier alpha value is -3.28. The number of likely N-dealkylation sites (tertiary alicyclic amines) is 1. The molecule has 1 heterocycles. The molecule has 144 valence electrons. The number of nitrogens with zero attached hydrogens (tertiary/aromatic N) is 2. The number of amidine groups is 1. The third-order valence-electron chi connectivity index (χ3n) is 4.94. The summed E-state index contributed by atoms with van der Waals surface area (Å²) in [7, 11) is 1.66. The highest BCUT2D eigenvalue weighted by Crippen LogP contribution is 2.25. The molecule has 2 N–H and O–H groups in total. The maximum atomic E-state index is 13.1. The van der Waals surface area contributed by atoms with Crippen LogP contribution in [0.1, 0.15) is 29.3 Å². The molecule has 0 unspecified atom stereocenters. The fourth-order valence-corrected chi connectivity index (χ4v) is 3.44. The summed E-state index contributed by atoms with van der Waals surface area (Å²) in [6.07, 6.45) is 0.392. The highest BCUT2D eigenvalue weighted by molar-refractivity contribution is 6.08. The summed E-state index contributed by atoms with van der Waals surface area (Å²) in [5, 5.41) is 9.98. The van der Waals surface area contributed by atoms with Crippen molar-refractivity contribution in [1.82, 2.24) is 10.2 Å². The van der Waals surface area contributed by atoms with Crippen LogP contribution < -0.4 is 5.32 Å². The quantitative estimate of drug-likeness (QED) is 0.637. The van der Waals surface area contributed by atoms with Gasteiger partial charge < -0.3 is 10.2 Å². The van der Waals surface area contributed by atoms with Gasteiger partial charge >= 0.3 is 0 Å². The van der Waals surface area contributed by atoms with E-state index in [9.17, 15) is 9.59 Å². The van der Waals surface area contributed by atoms with Gasteiger partial charge in [0.25, 0.3) is 5.91 Å². The lowest BCUT2D eigenvalue weighted by molar-refractivity contribution is -0.123. The Bertz CT molecular complexity index is 947. The van der Waals surface area contributed by atoms with Crippen molar-refractivity contribution in [1.29, 1.82) is 5.41 Å². The van der Waals surface area contributed by atoms with Crippen molar-refractivity contribution >= 4 is 23.4 Å². The molecule has 28 heavy (non-hydrogen) atoms. The van der Waals surface area contributed by atoms with Gasteiger partial charge in [0.15, 0.2) is 0 Å². The molecule has 0 aromatic heterocycles. The van der Waals surface area contributed by atoms with Crippen molar-refractivity contribution in [2.24, 2.45) is 4.99 Å². The molecular weight excluding hydrogens is 352 g/mol. The molecule has 1 atom stereocenters. The summed E-state index contributed by atoms with van der Waals surface area (Å²) in [6, 6.07) is 14.9. The molecule has 2 amide bonds. The van der Waals surface area contributed by atoms with E-state index in [0.717, 1.165) is 16.8 Å². The van der Waals surface area contributed by atoms with Gasteiger partial charge in [-0.05, 0) is 42.7 Å². The molecule has 1 aliphatic rings. The molecule has 0 radical (unpaired) electrons. The lowest BCUT2D eigenvalue weighted by Crippen LogP contribution is -2.47. The van der Waals surface area contributed by atoms with Crippen LogP contribution >= 0.6 is 0 Å². The number of benzene rings is 2. The average Bonchev–Trinajstić information content (AvgIpc) is 3.12. The van der Waals surface area contributed by atoms with E-state index in [1.807, 2.05) is 24.3 Å². The zero-order valence-corrected chi connectivity index (χ0v) is 16.3. The van der Waals surface area contributed by atoms with E-state index >= 15 is 0 Å². The molecule has 2 aromatic carbocycles. The zero-order chi connectivity index (χ0) is 20.3. The molecule has 2 aromatic rings. The normalized spacial score (nSPS) is 17.6. The highest BCUT2D eigenvalue weighted by atomic mass is 16.2. The van der Waals surface area contributed by atoms with Crippen LogP contribution in [-0.2, 0) is 4.79 Å². The van der Waals surface area contributed by atoms with Gasteiger partial charge in [0.1, 0.15) is 6.04 Å². The summed E-state index contributed by atoms with van der Waals surface area (Å²) in [5.41, 5.74) is 4.66. The second-order valence-corrected chi connectivity index (χ2v) is 6.95. The second-order valence-electron chi connectivity index (χ2n) is 6.95. The van der Waals surface area contributed by atoms with Gasteiger partial charge in [0, 0.05) is 24.7 Å². The molecule has 0 bridgehead atoms. The summed E-state index contributed by atoms with van der Waals surface area (Å²) in [4.78, 5) is 31.2. The predicted molar refractivity (Wildman–Crippen MR) is 111 cm³/mol. The van der Waals surface area contributed by atoms with Crippen molar-refractivity contribution in [2.75, 3.05) is 13.6 Å². The van der Waals surface area contributed by atoms with E-state index in [1.54, 1.807) is 19.2 Å². The largest absolute Gasteiger partial charge is 0.321 e. The molecule has 0 spiro atoms. The van der Waals surface area contributed by atoms with Crippen LogP contribution in [0.5, 0.6) is 0 Å². The first-order valence-corrected chi connectivity index (χ1v) is 9.18. The molecule has 1 saturated heterocycles. The van der Waals surface area contributed by atoms with Crippen LogP contribution in [0.15, 0.2) is 53.5 Å². The van der Waals surface area contributed by atoms with E-state index in [0.29, 0.717) is 18.5 Å². The first kappa shape index (κ1) is 19.5. The minimum absolute atomic E-state index is 0.0573. The van der Waals surface area contributed by atoms with Crippen molar-refractivity contribution in [3.63, 3.8) is 0 Å². The Morgan fingerprint density at radius 3 is 2.43 bits per heavy atom. The first-order valence-electron chi connectivity index (χ1n) is 9.18. The van der Waals surface area contributed by atoms with Gasteiger partial charge in [-0.25, -0.2) is 0 Å². The fourth-order valence-electron chi connectivity index (χ4n) is 3.44. The van der Waals surface area contributed by atoms with Gasteiger partial charge in [-0.15, -0.1) is 0 Å². The Balaban J connectivity index is 1.84. The molecule has 6 heteroatoms. The summed E-state index contributed by atoms with van der Waals surface area (Å²) in [5.74, 6) is -0.504. The number of carbonyl (C=O) groups excluding carboxylic acids is 2. The third-order valence-corrected chi connectivity index (χ3v) is 4.94. The number of amides is 2. The van der Waals surface area contributed by atoms with Crippen LogP contribution in [0.3, 0.4) is 0 Å². The van der Waals surface area contributed by atoms with Crippen molar-refractivity contribution in [3.05, 3.63) is 59.7 Å². The second kappa shape index (κ2) is 8.17. The molecule has 1 aliphatic heterocycles.